The first-order valence-electron chi connectivity index (χ1n) is 8.30. The predicted octanol–water partition coefficient (Wildman–Crippen LogP) is 0.595. The van der Waals surface area contributed by atoms with Crippen LogP contribution in [0.1, 0.15) is 20.7 Å². The normalized spacial score (nSPS) is 18.2. The van der Waals surface area contributed by atoms with Gasteiger partial charge in [0.25, 0.3) is 11.8 Å². The van der Waals surface area contributed by atoms with Crippen molar-refractivity contribution < 1.29 is 24.2 Å². The lowest BCUT2D eigenvalue weighted by Crippen LogP contribution is -2.50. The van der Waals surface area contributed by atoms with Gasteiger partial charge in [-0.1, -0.05) is 6.07 Å². The lowest BCUT2D eigenvalue weighted by atomic mass is 10.1. The Kier molecular flexibility index (Phi) is 5.18. The summed E-state index contributed by atoms with van der Waals surface area (Å²) in [4.78, 5) is 40.8. The van der Waals surface area contributed by atoms with E-state index in [1.165, 1.54) is 4.90 Å². The summed E-state index contributed by atoms with van der Waals surface area (Å²) in [6.07, 6.45) is -0.967. The molecular weight excluding hydrogens is 326 g/mol. The van der Waals surface area contributed by atoms with Crippen LogP contribution >= 0.6 is 0 Å². The minimum absolute atomic E-state index is 0.103. The minimum atomic E-state index is -0.967. The van der Waals surface area contributed by atoms with Crippen molar-refractivity contribution in [3.63, 3.8) is 0 Å². The molecular formula is C17H21N3O5. The van der Waals surface area contributed by atoms with Gasteiger partial charge in [0.05, 0.1) is 13.2 Å². The molecule has 3 rings (SSSR count). The first-order chi connectivity index (χ1) is 12.1. The van der Waals surface area contributed by atoms with Crippen LogP contribution in [0.15, 0.2) is 24.3 Å². The van der Waals surface area contributed by atoms with Crippen LogP contribution < -0.4 is 0 Å². The van der Waals surface area contributed by atoms with Crippen LogP contribution in [0.4, 0.5) is 4.79 Å². The number of amides is 3. The third kappa shape index (κ3) is 3.90. The molecule has 0 saturated carbocycles. The van der Waals surface area contributed by atoms with Crippen LogP contribution in [-0.4, -0.2) is 90.2 Å². The molecule has 2 heterocycles. The molecule has 0 atom stereocenters. The smallest absolute Gasteiger partial charge is 0.407 e. The van der Waals surface area contributed by atoms with Gasteiger partial charge in [-0.25, -0.2) is 4.79 Å². The number of rotatable bonds is 2. The quantitative estimate of drug-likeness (QED) is 0.846. The van der Waals surface area contributed by atoms with Crippen molar-refractivity contribution in [2.24, 2.45) is 0 Å². The molecule has 0 spiro atoms. The molecule has 0 unspecified atom stereocenters. The zero-order valence-electron chi connectivity index (χ0n) is 13.9. The lowest BCUT2D eigenvalue weighted by Gasteiger charge is -2.33. The molecule has 25 heavy (non-hydrogen) atoms. The summed E-state index contributed by atoms with van der Waals surface area (Å²) in [6.45, 7) is 3.46. The van der Waals surface area contributed by atoms with Crippen molar-refractivity contribution in [2.75, 3.05) is 52.5 Å². The van der Waals surface area contributed by atoms with Gasteiger partial charge < -0.3 is 24.5 Å². The molecule has 0 radical (unpaired) electrons. The lowest BCUT2D eigenvalue weighted by molar-refractivity contribution is 0.0303. The Balaban J connectivity index is 1.67. The fourth-order valence-electron chi connectivity index (χ4n) is 3.02. The maximum absolute atomic E-state index is 12.6. The molecule has 8 nitrogen and oxygen atoms in total. The molecule has 1 aromatic carbocycles. The molecule has 0 bridgehead atoms. The summed E-state index contributed by atoms with van der Waals surface area (Å²) in [6, 6.07) is 6.71. The Morgan fingerprint density at radius 1 is 0.800 bits per heavy atom. The van der Waals surface area contributed by atoms with E-state index >= 15 is 0 Å². The highest BCUT2D eigenvalue weighted by Gasteiger charge is 2.25. The number of carbonyl (C=O) groups excluding carboxylic acids is 2. The second-order valence-electron chi connectivity index (χ2n) is 6.05. The third-order valence-electron chi connectivity index (χ3n) is 4.49. The number of carboxylic acid groups (broad SMARTS) is 1. The molecule has 8 heteroatoms. The number of ether oxygens (including phenoxy) is 1. The minimum Gasteiger partial charge on any atom is -0.465 e. The van der Waals surface area contributed by atoms with Gasteiger partial charge in [-0.2, -0.15) is 0 Å². The number of nitrogens with zero attached hydrogens (tertiary/aromatic N) is 3. The summed E-state index contributed by atoms with van der Waals surface area (Å²) in [5.41, 5.74) is 0.930. The average molecular weight is 347 g/mol. The largest absolute Gasteiger partial charge is 0.465 e. The second kappa shape index (κ2) is 7.52. The molecule has 3 amide bonds. The topological polar surface area (TPSA) is 90.4 Å². The van der Waals surface area contributed by atoms with E-state index in [2.05, 4.69) is 0 Å². The van der Waals surface area contributed by atoms with Crippen molar-refractivity contribution in [3.8, 4) is 0 Å². The van der Waals surface area contributed by atoms with Crippen LogP contribution in [-0.2, 0) is 4.74 Å². The molecule has 1 aromatic rings. The van der Waals surface area contributed by atoms with Gasteiger partial charge in [0.1, 0.15) is 0 Å². The number of benzene rings is 1. The monoisotopic (exact) mass is 347 g/mol. The Morgan fingerprint density at radius 2 is 1.28 bits per heavy atom. The van der Waals surface area contributed by atoms with E-state index in [-0.39, 0.29) is 11.8 Å². The van der Waals surface area contributed by atoms with E-state index in [4.69, 9.17) is 9.84 Å². The molecule has 0 aliphatic carbocycles. The Bertz CT molecular complexity index is 664. The number of piperazine rings is 1. The van der Waals surface area contributed by atoms with Crippen molar-refractivity contribution in [3.05, 3.63) is 35.4 Å². The number of hydrogen-bond donors (Lipinski definition) is 1. The van der Waals surface area contributed by atoms with Crippen molar-refractivity contribution in [1.82, 2.24) is 14.7 Å². The Labute approximate surface area is 145 Å². The molecule has 134 valence electrons. The van der Waals surface area contributed by atoms with Crippen molar-refractivity contribution in [2.45, 2.75) is 0 Å². The van der Waals surface area contributed by atoms with Crippen LogP contribution in [0.2, 0.25) is 0 Å². The summed E-state index contributed by atoms with van der Waals surface area (Å²) in [7, 11) is 0. The predicted molar refractivity (Wildman–Crippen MR) is 88.7 cm³/mol. The third-order valence-corrected chi connectivity index (χ3v) is 4.49. The van der Waals surface area contributed by atoms with Crippen molar-refractivity contribution in [1.29, 1.82) is 0 Å². The first kappa shape index (κ1) is 17.2. The zero-order chi connectivity index (χ0) is 17.8. The highest BCUT2D eigenvalue weighted by molar-refractivity contribution is 5.99. The number of hydrogen-bond acceptors (Lipinski definition) is 4. The summed E-state index contributed by atoms with van der Waals surface area (Å²) >= 11 is 0. The fraction of sp³-hybridized carbons (Fsp3) is 0.471. The van der Waals surface area contributed by atoms with Crippen LogP contribution in [0.5, 0.6) is 0 Å². The highest BCUT2D eigenvalue weighted by Crippen LogP contribution is 2.14. The van der Waals surface area contributed by atoms with Crippen LogP contribution in [0.25, 0.3) is 0 Å². The van der Waals surface area contributed by atoms with Crippen LogP contribution in [0, 0.1) is 0 Å². The fourth-order valence-corrected chi connectivity index (χ4v) is 3.02. The van der Waals surface area contributed by atoms with Gasteiger partial charge in [0.15, 0.2) is 0 Å². The Morgan fingerprint density at radius 3 is 1.80 bits per heavy atom. The van der Waals surface area contributed by atoms with Gasteiger partial charge in [0.2, 0.25) is 0 Å². The zero-order valence-corrected chi connectivity index (χ0v) is 13.9. The maximum Gasteiger partial charge on any atom is 0.407 e. The molecule has 2 aliphatic rings. The molecule has 2 aliphatic heterocycles. The highest BCUT2D eigenvalue weighted by atomic mass is 16.5. The summed E-state index contributed by atoms with van der Waals surface area (Å²) in [5, 5.41) is 8.97. The van der Waals surface area contributed by atoms with Gasteiger partial charge in [-0.3, -0.25) is 9.59 Å². The average Bonchev–Trinajstić information content (AvgIpc) is 2.67. The van der Waals surface area contributed by atoms with E-state index in [0.29, 0.717) is 63.6 Å². The number of carbonyl (C=O) groups is 3. The van der Waals surface area contributed by atoms with E-state index < -0.39 is 6.09 Å². The summed E-state index contributed by atoms with van der Waals surface area (Å²) in [5.74, 6) is -0.282. The maximum atomic E-state index is 12.6. The molecule has 1 N–H and O–H groups in total. The van der Waals surface area contributed by atoms with E-state index in [9.17, 15) is 14.4 Å². The van der Waals surface area contributed by atoms with E-state index in [1.54, 1.807) is 34.1 Å². The first-order valence-corrected chi connectivity index (χ1v) is 8.30. The van der Waals surface area contributed by atoms with Gasteiger partial charge in [-0.05, 0) is 18.2 Å². The number of morpholine rings is 1. The van der Waals surface area contributed by atoms with E-state index in [1.807, 2.05) is 0 Å². The summed E-state index contributed by atoms with van der Waals surface area (Å²) < 4.78 is 5.25. The van der Waals surface area contributed by atoms with Gasteiger partial charge in [0, 0.05) is 50.4 Å². The van der Waals surface area contributed by atoms with Crippen molar-refractivity contribution >= 4 is 17.9 Å². The SMILES string of the molecule is O=C(O)N1CCN(C(=O)c2cccc(C(=O)N3CCOCC3)c2)CC1. The standard InChI is InChI=1S/C17H21N3O5/c21-15(18-4-6-20(7-5-18)17(23)24)13-2-1-3-14(12-13)16(22)19-8-10-25-11-9-19/h1-3,12H,4-11H2,(H,23,24). The van der Waals surface area contributed by atoms with Gasteiger partial charge >= 0.3 is 6.09 Å². The van der Waals surface area contributed by atoms with E-state index in [0.717, 1.165) is 0 Å². The Hall–Kier alpha value is -2.61. The second-order valence-corrected chi connectivity index (χ2v) is 6.05. The van der Waals surface area contributed by atoms with Gasteiger partial charge in [-0.15, -0.1) is 0 Å². The van der Waals surface area contributed by atoms with Crippen LogP contribution in [0.3, 0.4) is 0 Å². The molecule has 0 aromatic heterocycles. The molecule has 2 saturated heterocycles. The molecule has 2 fully saturated rings.